The quantitative estimate of drug-likeness (QED) is 0.234. The minimum absolute atomic E-state index is 0. The molecule has 0 aliphatic carbocycles. The van der Waals surface area contributed by atoms with Crippen molar-refractivity contribution in [1.82, 2.24) is 4.98 Å². The fraction of sp³-hybridized carbons (Fsp3) is 0.486. The minimum Gasteiger partial charge on any atom is -1.00 e. The minimum atomic E-state index is 0. The van der Waals surface area contributed by atoms with E-state index in [1.165, 1.54) is 33.4 Å². The standard InChI is InChI=1S/C37H50ClN3.3ClH.Fe/c1-21(2)27-13-32(23(5)6)36(33(14-27)24(7)8)39-19-30-17-29(38)18-31(41-30)20-40-37-34(25(9)10)15-28(22(3)4)16-35(37)26(11)12;;;;/h13-26H,1-12H3;3*1H;/q;;;;+3/p-3. The van der Waals surface area contributed by atoms with E-state index >= 15 is 0 Å². The Balaban J connectivity index is 0. The van der Waals surface area contributed by atoms with Crippen molar-refractivity contribution in [3.63, 3.8) is 0 Å². The Labute approximate surface area is 307 Å². The van der Waals surface area contributed by atoms with Gasteiger partial charge in [0.2, 0.25) is 0 Å². The summed E-state index contributed by atoms with van der Waals surface area (Å²) >= 11 is 6.59. The van der Waals surface area contributed by atoms with Crippen LogP contribution < -0.4 is 37.2 Å². The van der Waals surface area contributed by atoms with E-state index in [4.69, 9.17) is 26.6 Å². The van der Waals surface area contributed by atoms with Crippen LogP contribution in [-0.4, -0.2) is 17.4 Å². The van der Waals surface area contributed by atoms with Crippen LogP contribution in [-0.2, 0) is 17.1 Å². The molecule has 249 valence electrons. The first-order chi connectivity index (χ1) is 19.2. The summed E-state index contributed by atoms with van der Waals surface area (Å²) in [4.78, 5) is 14.9. The molecule has 0 aliphatic heterocycles. The Morgan fingerprint density at radius 1 is 0.489 bits per heavy atom. The summed E-state index contributed by atoms with van der Waals surface area (Å²) in [6, 6.07) is 13.0. The van der Waals surface area contributed by atoms with Crippen LogP contribution in [0.2, 0.25) is 5.02 Å². The molecular weight excluding hydrogens is 684 g/mol. The largest absolute Gasteiger partial charge is 3.00 e. The molecule has 0 unspecified atom stereocenters. The van der Waals surface area contributed by atoms with Crippen LogP contribution in [0.1, 0.15) is 163 Å². The van der Waals surface area contributed by atoms with E-state index < -0.39 is 0 Å². The predicted molar refractivity (Wildman–Crippen MR) is 181 cm³/mol. The van der Waals surface area contributed by atoms with Crippen LogP contribution in [0, 0.1) is 0 Å². The van der Waals surface area contributed by atoms with Gasteiger partial charge in [0.1, 0.15) is 0 Å². The smallest absolute Gasteiger partial charge is 1.00 e. The van der Waals surface area contributed by atoms with Gasteiger partial charge >= 0.3 is 17.1 Å². The molecule has 1 radical (unpaired) electrons. The summed E-state index contributed by atoms with van der Waals surface area (Å²) in [7, 11) is 0. The zero-order valence-corrected chi connectivity index (χ0v) is 32.9. The third-order valence-corrected chi connectivity index (χ3v) is 7.90. The topological polar surface area (TPSA) is 37.6 Å². The van der Waals surface area contributed by atoms with E-state index in [-0.39, 0.29) is 54.3 Å². The number of halogens is 4. The van der Waals surface area contributed by atoms with E-state index in [2.05, 4.69) is 107 Å². The number of rotatable bonds is 10. The van der Waals surface area contributed by atoms with Crippen molar-refractivity contribution in [1.29, 1.82) is 0 Å². The summed E-state index contributed by atoms with van der Waals surface area (Å²) in [5, 5.41) is 0.620. The van der Waals surface area contributed by atoms with Gasteiger partial charge in [0, 0.05) is 5.02 Å². The number of benzene rings is 2. The SMILES string of the molecule is CC(C)c1cc(C(C)C)c(N=Cc2cc(Cl)cc(C=Nc3c(C(C)C)cc(C(C)C)cc3C(C)C)n2)c(C(C)C)c1.[Cl-].[Cl-].[Cl-].[Fe+3]. The zero-order valence-electron chi connectivity index (χ0n) is 28.8. The summed E-state index contributed by atoms with van der Waals surface area (Å²) in [6.07, 6.45) is 3.70. The molecule has 3 aromatic rings. The normalized spacial score (nSPS) is 11.5. The molecule has 1 heterocycles. The molecule has 3 nitrogen and oxygen atoms in total. The molecule has 0 saturated carbocycles. The fourth-order valence-corrected chi connectivity index (χ4v) is 5.29. The fourth-order valence-electron chi connectivity index (χ4n) is 5.07. The number of hydrogen-bond donors (Lipinski definition) is 0. The van der Waals surface area contributed by atoms with Crippen molar-refractivity contribution < 1.29 is 54.3 Å². The van der Waals surface area contributed by atoms with Crippen molar-refractivity contribution in [2.75, 3.05) is 0 Å². The Hall–Kier alpha value is -1.39. The third kappa shape index (κ3) is 12.0. The maximum Gasteiger partial charge on any atom is 3.00 e. The van der Waals surface area contributed by atoms with Crippen LogP contribution in [0.3, 0.4) is 0 Å². The van der Waals surface area contributed by atoms with Gasteiger partial charge in [-0.3, -0.25) is 9.98 Å². The van der Waals surface area contributed by atoms with Crippen molar-refractivity contribution in [3.8, 4) is 0 Å². The van der Waals surface area contributed by atoms with Gasteiger partial charge in [-0.1, -0.05) is 119 Å². The van der Waals surface area contributed by atoms with Crippen LogP contribution in [0.4, 0.5) is 11.4 Å². The molecule has 0 aliphatic rings. The maximum atomic E-state index is 6.59. The molecule has 3 rings (SSSR count). The molecule has 0 spiro atoms. The summed E-state index contributed by atoms with van der Waals surface area (Å²) < 4.78 is 0. The first-order valence-electron chi connectivity index (χ1n) is 15.3. The first-order valence-corrected chi connectivity index (χ1v) is 15.7. The van der Waals surface area contributed by atoms with E-state index in [9.17, 15) is 0 Å². The Morgan fingerprint density at radius 2 is 0.756 bits per heavy atom. The monoisotopic (exact) mass is 732 g/mol. The number of pyridine rings is 1. The van der Waals surface area contributed by atoms with E-state index in [0.717, 1.165) is 22.8 Å². The number of aromatic nitrogens is 1. The first kappa shape index (κ1) is 45.7. The summed E-state index contributed by atoms with van der Waals surface area (Å²) in [5.41, 5.74) is 11.3. The van der Waals surface area contributed by atoms with E-state index in [1.807, 2.05) is 24.6 Å². The van der Waals surface area contributed by atoms with E-state index in [1.54, 1.807) is 0 Å². The Kier molecular flexibility index (Phi) is 20.4. The molecule has 0 bridgehead atoms. The molecule has 0 fully saturated rings. The van der Waals surface area contributed by atoms with Crippen LogP contribution in [0.25, 0.3) is 0 Å². The van der Waals surface area contributed by atoms with Gasteiger partial charge in [0.25, 0.3) is 0 Å². The second-order valence-corrected chi connectivity index (χ2v) is 13.6. The average Bonchev–Trinajstić information content (AvgIpc) is 2.88. The summed E-state index contributed by atoms with van der Waals surface area (Å²) in [5.74, 6) is 2.38. The van der Waals surface area contributed by atoms with Crippen LogP contribution >= 0.6 is 11.6 Å². The second kappa shape index (κ2) is 20.1. The Bertz CT molecular complexity index is 1270. The molecule has 0 saturated heterocycles. The van der Waals surface area contributed by atoms with Crippen molar-refractivity contribution in [3.05, 3.63) is 86.2 Å². The maximum absolute atomic E-state index is 6.59. The molecule has 2 aromatic carbocycles. The molecule has 0 N–H and O–H groups in total. The zero-order chi connectivity index (χ0) is 30.6. The van der Waals surface area contributed by atoms with Gasteiger partial charge in [-0.2, -0.15) is 0 Å². The second-order valence-electron chi connectivity index (χ2n) is 13.2. The van der Waals surface area contributed by atoms with Crippen LogP contribution in [0.15, 0.2) is 46.4 Å². The van der Waals surface area contributed by atoms with Gasteiger partial charge in [-0.15, -0.1) is 0 Å². The van der Waals surface area contributed by atoms with Gasteiger partial charge in [-0.25, -0.2) is 4.98 Å². The number of hydrogen-bond acceptors (Lipinski definition) is 3. The van der Waals surface area contributed by atoms with E-state index in [0.29, 0.717) is 40.5 Å². The predicted octanol–water partition coefficient (Wildman–Crippen LogP) is 2.99. The van der Waals surface area contributed by atoms with Gasteiger partial charge in [0.15, 0.2) is 0 Å². The van der Waals surface area contributed by atoms with Crippen molar-refractivity contribution in [2.45, 2.75) is 119 Å². The van der Waals surface area contributed by atoms with Crippen LogP contribution in [0.5, 0.6) is 0 Å². The van der Waals surface area contributed by atoms with Gasteiger partial charge < -0.3 is 37.2 Å². The van der Waals surface area contributed by atoms with Gasteiger partial charge in [0.05, 0.1) is 35.2 Å². The van der Waals surface area contributed by atoms with Crippen molar-refractivity contribution >= 4 is 35.4 Å². The average molecular weight is 734 g/mol. The third-order valence-electron chi connectivity index (χ3n) is 7.69. The Morgan fingerprint density at radius 3 is 0.978 bits per heavy atom. The molecule has 1 aromatic heterocycles. The molecule has 8 heteroatoms. The molecule has 0 atom stereocenters. The molecular formula is C37H50Cl4FeN3. The van der Waals surface area contributed by atoms with Gasteiger partial charge in [-0.05, 0) is 81.0 Å². The summed E-state index contributed by atoms with van der Waals surface area (Å²) in [6.45, 7) is 26.9. The molecule has 0 amide bonds. The molecule has 45 heavy (non-hydrogen) atoms. The number of nitrogens with zero attached hydrogens (tertiary/aromatic N) is 3. The van der Waals surface area contributed by atoms with Crippen molar-refractivity contribution in [2.24, 2.45) is 9.98 Å². The number of aliphatic imine (C=N–C) groups is 2.